The number of aromatic amines is 1. The molecule has 0 aliphatic carbocycles. The number of H-pyrrole nitrogens is 1. The normalized spacial score (nSPS) is 15.9. The molecule has 3 amide bonds. The van der Waals surface area contributed by atoms with Crippen LogP contribution in [-0.4, -0.2) is 53.4 Å². The maximum absolute atomic E-state index is 13.7. The quantitative estimate of drug-likeness (QED) is 0.419. The van der Waals surface area contributed by atoms with E-state index in [-0.39, 0.29) is 30.7 Å². The number of carbonyl (C=O) groups excluding carboxylic acids is 3. The van der Waals surface area contributed by atoms with Crippen LogP contribution in [0.3, 0.4) is 0 Å². The molecule has 0 saturated carbocycles. The first kappa shape index (κ1) is 22.6. The van der Waals surface area contributed by atoms with Gasteiger partial charge in [-0.1, -0.05) is 18.2 Å². The molecule has 4 aromatic rings. The predicted octanol–water partition coefficient (Wildman–Crippen LogP) is 3.72. The number of hydrogen-bond donors (Lipinski definition) is 2. The zero-order chi connectivity index (χ0) is 25.7. The summed E-state index contributed by atoms with van der Waals surface area (Å²) in [6.45, 7) is 0.105. The van der Waals surface area contributed by atoms with Gasteiger partial charge in [0, 0.05) is 24.2 Å². The molecule has 6 rings (SSSR count). The highest BCUT2D eigenvalue weighted by atomic mass is 16.5. The number of rotatable bonds is 6. The summed E-state index contributed by atoms with van der Waals surface area (Å²) in [5.41, 5.74) is 4.12. The second-order valence-corrected chi connectivity index (χ2v) is 8.76. The number of nitrogens with zero attached hydrogens (tertiary/aromatic N) is 3. The van der Waals surface area contributed by atoms with Crippen molar-refractivity contribution >= 4 is 40.1 Å². The lowest BCUT2D eigenvalue weighted by Crippen LogP contribution is -2.49. The number of carbonyl (C=O) groups is 3. The van der Waals surface area contributed by atoms with Gasteiger partial charge in [0.25, 0.3) is 11.8 Å². The number of imidazole rings is 1. The van der Waals surface area contributed by atoms with Gasteiger partial charge < -0.3 is 24.7 Å². The number of para-hydroxylation sites is 1. The number of fused-ring (bicyclic) bond motifs is 6. The molecule has 2 N–H and O–H groups in total. The predicted molar refractivity (Wildman–Crippen MR) is 136 cm³/mol. The van der Waals surface area contributed by atoms with Crippen LogP contribution in [0, 0.1) is 0 Å². The second kappa shape index (κ2) is 8.66. The van der Waals surface area contributed by atoms with Crippen molar-refractivity contribution in [2.24, 2.45) is 0 Å². The molecule has 1 atom stereocenters. The molecule has 10 heteroatoms. The lowest BCUT2D eigenvalue weighted by atomic mass is 10.0. The van der Waals surface area contributed by atoms with Crippen molar-refractivity contribution in [3.05, 3.63) is 77.6 Å². The summed E-state index contributed by atoms with van der Waals surface area (Å²) >= 11 is 0. The SMILES string of the molecule is COc1ccc2c(c1OC)C(=O)N1c3ccccc3C(=O)N(CCC(=O)Nc3ccc4nc[nH]c4c3)[C@H]21. The van der Waals surface area contributed by atoms with Gasteiger partial charge in [-0.15, -0.1) is 0 Å². The Morgan fingerprint density at radius 3 is 2.70 bits per heavy atom. The van der Waals surface area contributed by atoms with Crippen LogP contribution < -0.4 is 19.7 Å². The zero-order valence-electron chi connectivity index (χ0n) is 20.1. The van der Waals surface area contributed by atoms with E-state index < -0.39 is 6.17 Å². The molecule has 186 valence electrons. The van der Waals surface area contributed by atoms with E-state index in [0.29, 0.717) is 39.6 Å². The highest BCUT2D eigenvalue weighted by Crippen LogP contribution is 2.49. The molecule has 0 saturated heterocycles. The van der Waals surface area contributed by atoms with Crippen molar-refractivity contribution in [1.29, 1.82) is 0 Å². The second-order valence-electron chi connectivity index (χ2n) is 8.76. The molecule has 0 radical (unpaired) electrons. The lowest BCUT2D eigenvalue weighted by Gasteiger charge is -2.40. The Kier molecular flexibility index (Phi) is 5.29. The summed E-state index contributed by atoms with van der Waals surface area (Å²) in [4.78, 5) is 50.6. The molecule has 0 bridgehead atoms. The van der Waals surface area contributed by atoms with Crippen molar-refractivity contribution in [2.75, 3.05) is 31.0 Å². The van der Waals surface area contributed by atoms with Gasteiger partial charge in [-0.05, 0) is 36.4 Å². The van der Waals surface area contributed by atoms with E-state index in [0.717, 1.165) is 11.0 Å². The third-order valence-electron chi connectivity index (χ3n) is 6.77. The number of benzene rings is 3. The molecule has 3 aromatic carbocycles. The highest BCUT2D eigenvalue weighted by molar-refractivity contribution is 6.18. The number of amides is 3. The van der Waals surface area contributed by atoms with E-state index in [1.54, 1.807) is 64.7 Å². The van der Waals surface area contributed by atoms with Gasteiger partial charge in [-0.2, -0.15) is 0 Å². The molecule has 10 nitrogen and oxygen atoms in total. The molecular weight excluding hydrogens is 474 g/mol. The fourth-order valence-corrected chi connectivity index (χ4v) is 5.11. The van der Waals surface area contributed by atoms with Crippen molar-refractivity contribution < 1.29 is 23.9 Å². The van der Waals surface area contributed by atoms with Crippen LogP contribution in [-0.2, 0) is 4.79 Å². The van der Waals surface area contributed by atoms with Crippen LogP contribution in [0.5, 0.6) is 11.5 Å². The summed E-state index contributed by atoms with van der Waals surface area (Å²) in [6, 6.07) is 15.9. The third-order valence-corrected chi connectivity index (χ3v) is 6.77. The number of aromatic nitrogens is 2. The van der Waals surface area contributed by atoms with Gasteiger partial charge in [0.05, 0.1) is 48.4 Å². The van der Waals surface area contributed by atoms with Crippen LogP contribution in [0.4, 0.5) is 11.4 Å². The topological polar surface area (TPSA) is 117 Å². The van der Waals surface area contributed by atoms with Crippen molar-refractivity contribution in [1.82, 2.24) is 14.9 Å². The molecule has 3 heterocycles. The highest BCUT2D eigenvalue weighted by Gasteiger charge is 2.49. The summed E-state index contributed by atoms with van der Waals surface area (Å²) in [5.74, 6) is -0.0589. The van der Waals surface area contributed by atoms with Gasteiger partial charge >= 0.3 is 0 Å². The van der Waals surface area contributed by atoms with E-state index in [9.17, 15) is 14.4 Å². The molecule has 0 unspecified atom stereocenters. The number of hydrogen-bond acceptors (Lipinski definition) is 6. The van der Waals surface area contributed by atoms with Crippen molar-refractivity contribution in [3.63, 3.8) is 0 Å². The van der Waals surface area contributed by atoms with E-state index in [4.69, 9.17) is 9.47 Å². The van der Waals surface area contributed by atoms with Crippen LogP contribution >= 0.6 is 0 Å². The monoisotopic (exact) mass is 497 g/mol. The molecule has 0 spiro atoms. The standard InChI is InChI=1S/C27H23N5O5/c1-36-21-10-8-17-23(24(21)37-2)27(35)32-20-6-4-3-5-16(20)26(34)31(25(17)32)12-11-22(33)30-15-7-9-18-19(13-15)29-14-28-18/h3-10,13-14,25H,11-12H2,1-2H3,(H,28,29)(H,30,33)/t25-/m0/s1. The van der Waals surface area contributed by atoms with E-state index in [1.165, 1.54) is 14.2 Å². The maximum Gasteiger partial charge on any atom is 0.264 e. The number of anilines is 2. The minimum Gasteiger partial charge on any atom is -0.493 e. The Labute approximate surface area is 211 Å². The Balaban J connectivity index is 1.33. The largest absolute Gasteiger partial charge is 0.493 e. The van der Waals surface area contributed by atoms with E-state index in [1.807, 2.05) is 6.07 Å². The smallest absolute Gasteiger partial charge is 0.264 e. The number of methoxy groups -OCH3 is 2. The minimum absolute atomic E-state index is 0.0378. The zero-order valence-corrected chi connectivity index (χ0v) is 20.1. The Hall–Kier alpha value is -4.86. The van der Waals surface area contributed by atoms with Crippen LogP contribution in [0.1, 0.15) is 38.9 Å². The van der Waals surface area contributed by atoms with E-state index >= 15 is 0 Å². The van der Waals surface area contributed by atoms with Crippen LogP contribution in [0.15, 0.2) is 60.9 Å². The van der Waals surface area contributed by atoms with Gasteiger partial charge in [-0.3, -0.25) is 19.3 Å². The molecule has 2 aliphatic rings. The lowest BCUT2D eigenvalue weighted by molar-refractivity contribution is -0.116. The number of ether oxygens (including phenoxy) is 2. The molecule has 1 aromatic heterocycles. The summed E-state index contributed by atoms with van der Waals surface area (Å²) < 4.78 is 11.0. The van der Waals surface area contributed by atoms with Crippen LogP contribution in [0.25, 0.3) is 11.0 Å². The van der Waals surface area contributed by atoms with E-state index in [2.05, 4.69) is 15.3 Å². The Bertz CT molecular complexity index is 1580. The Morgan fingerprint density at radius 2 is 1.89 bits per heavy atom. The first-order valence-corrected chi connectivity index (χ1v) is 11.7. The minimum atomic E-state index is -0.709. The first-order valence-electron chi connectivity index (χ1n) is 11.7. The molecule has 2 aliphatic heterocycles. The molecular formula is C27H23N5O5. The summed E-state index contributed by atoms with van der Waals surface area (Å²) in [7, 11) is 2.98. The van der Waals surface area contributed by atoms with Crippen molar-refractivity contribution in [3.8, 4) is 11.5 Å². The van der Waals surface area contributed by atoms with Gasteiger partial charge in [-0.25, -0.2) is 4.98 Å². The number of nitrogens with one attached hydrogen (secondary N) is 2. The van der Waals surface area contributed by atoms with Gasteiger partial charge in [0.15, 0.2) is 11.5 Å². The first-order chi connectivity index (χ1) is 18.0. The van der Waals surface area contributed by atoms with Gasteiger partial charge in [0.1, 0.15) is 6.17 Å². The fraction of sp³-hybridized carbons (Fsp3) is 0.185. The van der Waals surface area contributed by atoms with Gasteiger partial charge in [0.2, 0.25) is 5.91 Å². The van der Waals surface area contributed by atoms with Crippen molar-refractivity contribution in [2.45, 2.75) is 12.6 Å². The van der Waals surface area contributed by atoms with Crippen LogP contribution in [0.2, 0.25) is 0 Å². The maximum atomic E-state index is 13.7. The average Bonchev–Trinajstić information content (AvgIpc) is 3.50. The Morgan fingerprint density at radius 1 is 1.05 bits per heavy atom. The molecule has 0 fully saturated rings. The summed E-state index contributed by atoms with van der Waals surface area (Å²) in [5, 5.41) is 2.88. The summed E-state index contributed by atoms with van der Waals surface area (Å²) in [6.07, 6.45) is 0.919. The average molecular weight is 498 g/mol. The third kappa shape index (κ3) is 3.48. The fourth-order valence-electron chi connectivity index (χ4n) is 5.11. The molecule has 37 heavy (non-hydrogen) atoms.